The average molecular weight is 321 g/mol. The van der Waals surface area contributed by atoms with Crippen LogP contribution in [-0.4, -0.2) is 12.4 Å². The van der Waals surface area contributed by atoms with Gasteiger partial charge in [0.2, 0.25) is 0 Å². The Morgan fingerprint density at radius 2 is 1.71 bits per heavy atom. The summed E-state index contributed by atoms with van der Waals surface area (Å²) in [6.07, 6.45) is 3.09. The molecule has 0 fully saturated rings. The summed E-state index contributed by atoms with van der Waals surface area (Å²) in [4.78, 5) is 12.1. The van der Waals surface area contributed by atoms with E-state index in [9.17, 15) is 4.79 Å². The summed E-state index contributed by atoms with van der Waals surface area (Å²) in [6, 6.07) is 12.2. The molecule has 0 N–H and O–H groups in total. The van der Waals surface area contributed by atoms with E-state index < -0.39 is 0 Å². The Labute approximate surface area is 134 Å². The van der Waals surface area contributed by atoms with Crippen LogP contribution in [0.2, 0.25) is 10.0 Å². The zero-order valence-electron chi connectivity index (χ0n) is 11.5. The Bertz CT molecular complexity index is 641. The lowest BCUT2D eigenvalue weighted by Crippen LogP contribution is -1.96. The number of allylic oxidation sites excluding steroid dienone is 1. The van der Waals surface area contributed by atoms with Crippen LogP contribution in [-0.2, 0) is 0 Å². The Balaban J connectivity index is 2.15. The van der Waals surface area contributed by atoms with Crippen LogP contribution >= 0.6 is 23.2 Å². The third-order valence-corrected chi connectivity index (χ3v) is 3.51. The molecule has 0 bridgehead atoms. The number of halogens is 2. The fourth-order valence-corrected chi connectivity index (χ4v) is 2.33. The Hall–Kier alpha value is -1.77. The van der Waals surface area contributed by atoms with Crippen molar-refractivity contribution < 1.29 is 9.53 Å². The van der Waals surface area contributed by atoms with Crippen molar-refractivity contribution in [2.24, 2.45) is 0 Å². The molecule has 2 aromatic carbocycles. The zero-order chi connectivity index (χ0) is 15.2. The fourth-order valence-electron chi connectivity index (χ4n) is 1.81. The van der Waals surface area contributed by atoms with Crippen LogP contribution in [0, 0.1) is 0 Å². The molecule has 0 aliphatic carbocycles. The van der Waals surface area contributed by atoms with Gasteiger partial charge in [-0.25, -0.2) is 0 Å². The van der Waals surface area contributed by atoms with E-state index in [1.54, 1.807) is 48.5 Å². The molecular weight excluding hydrogens is 307 g/mol. The minimum Gasteiger partial charge on any atom is -0.494 e. The summed E-state index contributed by atoms with van der Waals surface area (Å²) in [6.45, 7) is 2.51. The number of ketones is 1. The zero-order valence-corrected chi connectivity index (χ0v) is 13.0. The van der Waals surface area contributed by atoms with Gasteiger partial charge in [-0.3, -0.25) is 4.79 Å². The largest absolute Gasteiger partial charge is 0.494 e. The predicted octanol–water partition coefficient (Wildman–Crippen LogP) is 5.29. The highest BCUT2D eigenvalue weighted by molar-refractivity contribution is 6.37. The normalized spacial score (nSPS) is 10.8. The van der Waals surface area contributed by atoms with E-state index in [4.69, 9.17) is 27.9 Å². The van der Waals surface area contributed by atoms with Crippen LogP contribution in [0.15, 0.2) is 48.5 Å². The summed E-state index contributed by atoms with van der Waals surface area (Å²) in [5, 5.41) is 1.02. The molecule has 0 aliphatic heterocycles. The van der Waals surface area contributed by atoms with Crippen LogP contribution in [0.25, 0.3) is 6.08 Å². The first-order valence-corrected chi connectivity index (χ1v) is 7.26. The van der Waals surface area contributed by atoms with E-state index in [1.807, 2.05) is 6.92 Å². The summed E-state index contributed by atoms with van der Waals surface area (Å²) >= 11 is 12.1. The maximum Gasteiger partial charge on any atom is 0.185 e. The maximum atomic E-state index is 12.1. The van der Waals surface area contributed by atoms with Gasteiger partial charge in [0, 0.05) is 21.2 Å². The smallest absolute Gasteiger partial charge is 0.185 e. The van der Waals surface area contributed by atoms with Crippen LogP contribution in [0.1, 0.15) is 22.8 Å². The third-order valence-electron chi connectivity index (χ3n) is 2.85. The number of rotatable bonds is 5. The highest BCUT2D eigenvalue weighted by atomic mass is 35.5. The number of carbonyl (C=O) groups is 1. The van der Waals surface area contributed by atoms with Crippen molar-refractivity contribution >= 4 is 35.1 Å². The van der Waals surface area contributed by atoms with E-state index in [0.29, 0.717) is 27.8 Å². The molecule has 4 heteroatoms. The van der Waals surface area contributed by atoms with Crippen molar-refractivity contribution in [2.75, 3.05) is 6.61 Å². The second-order valence-electron chi connectivity index (χ2n) is 4.29. The second-order valence-corrected chi connectivity index (χ2v) is 5.10. The molecule has 21 heavy (non-hydrogen) atoms. The van der Waals surface area contributed by atoms with Gasteiger partial charge < -0.3 is 4.74 Å². The van der Waals surface area contributed by atoms with Crippen molar-refractivity contribution in [1.82, 2.24) is 0 Å². The van der Waals surface area contributed by atoms with Gasteiger partial charge in [-0.2, -0.15) is 0 Å². The Morgan fingerprint density at radius 1 is 1.10 bits per heavy atom. The third kappa shape index (κ3) is 4.10. The van der Waals surface area contributed by atoms with Crippen molar-refractivity contribution in [1.29, 1.82) is 0 Å². The van der Waals surface area contributed by atoms with Gasteiger partial charge in [0.05, 0.1) is 6.61 Å². The van der Waals surface area contributed by atoms with Crippen LogP contribution in [0.4, 0.5) is 0 Å². The van der Waals surface area contributed by atoms with Crippen molar-refractivity contribution in [3.63, 3.8) is 0 Å². The molecule has 0 heterocycles. The Morgan fingerprint density at radius 3 is 2.29 bits per heavy atom. The van der Waals surface area contributed by atoms with Crippen molar-refractivity contribution in [3.05, 3.63) is 69.7 Å². The first kappa shape index (κ1) is 15.6. The van der Waals surface area contributed by atoms with Crippen LogP contribution in [0.3, 0.4) is 0 Å². The summed E-state index contributed by atoms with van der Waals surface area (Å²) < 4.78 is 5.34. The van der Waals surface area contributed by atoms with Crippen LogP contribution in [0.5, 0.6) is 5.75 Å². The lowest BCUT2D eigenvalue weighted by Gasteiger charge is -2.03. The van der Waals surface area contributed by atoms with Gasteiger partial charge in [-0.1, -0.05) is 29.3 Å². The lowest BCUT2D eigenvalue weighted by atomic mass is 10.1. The van der Waals surface area contributed by atoms with Crippen molar-refractivity contribution in [2.45, 2.75) is 6.92 Å². The summed E-state index contributed by atoms with van der Waals surface area (Å²) in [5.74, 6) is 0.626. The minimum absolute atomic E-state index is 0.117. The number of carbonyl (C=O) groups excluding carboxylic acids is 1. The summed E-state index contributed by atoms with van der Waals surface area (Å²) in [7, 11) is 0. The van der Waals surface area contributed by atoms with E-state index >= 15 is 0 Å². The quantitative estimate of drug-likeness (QED) is 0.552. The van der Waals surface area contributed by atoms with Gasteiger partial charge in [-0.15, -0.1) is 0 Å². The van der Waals surface area contributed by atoms with E-state index in [2.05, 4.69) is 0 Å². The monoisotopic (exact) mass is 320 g/mol. The minimum atomic E-state index is -0.117. The molecule has 2 aromatic rings. The lowest BCUT2D eigenvalue weighted by molar-refractivity contribution is 0.104. The predicted molar refractivity (Wildman–Crippen MR) is 87.4 cm³/mol. The molecule has 0 unspecified atom stereocenters. The number of hydrogen-bond acceptors (Lipinski definition) is 2. The number of ether oxygens (including phenoxy) is 1. The molecule has 108 valence electrons. The molecule has 0 saturated heterocycles. The number of benzene rings is 2. The van der Waals surface area contributed by atoms with Gasteiger partial charge >= 0.3 is 0 Å². The molecule has 0 spiro atoms. The first-order chi connectivity index (χ1) is 10.1. The standard InChI is InChI=1S/C17H14Cl2O2/c1-2-21-13-8-6-12(7-9-13)17(20)11-10-14-15(18)4-3-5-16(14)19/h3-11H,2H2,1H3/b11-10+. The summed E-state index contributed by atoms with van der Waals surface area (Å²) in [5.41, 5.74) is 1.22. The van der Waals surface area contributed by atoms with E-state index in [0.717, 1.165) is 5.75 Å². The molecule has 2 nitrogen and oxygen atoms in total. The van der Waals surface area contributed by atoms with Crippen molar-refractivity contribution in [3.8, 4) is 5.75 Å². The molecule has 0 atom stereocenters. The fraction of sp³-hybridized carbons (Fsp3) is 0.118. The molecule has 0 aliphatic rings. The topological polar surface area (TPSA) is 26.3 Å². The second kappa shape index (κ2) is 7.30. The Kier molecular flexibility index (Phi) is 5.43. The van der Waals surface area contributed by atoms with Gasteiger partial charge in [0.15, 0.2) is 5.78 Å². The highest BCUT2D eigenvalue weighted by Gasteiger charge is 2.05. The molecule has 0 radical (unpaired) electrons. The van der Waals surface area contributed by atoms with Crippen LogP contribution < -0.4 is 4.74 Å². The first-order valence-electron chi connectivity index (χ1n) is 6.51. The molecule has 2 rings (SSSR count). The molecule has 0 saturated carbocycles. The van der Waals surface area contributed by atoms with Gasteiger partial charge in [0.1, 0.15) is 5.75 Å². The molecule has 0 amide bonds. The van der Waals surface area contributed by atoms with Gasteiger partial charge in [0.25, 0.3) is 0 Å². The SMILES string of the molecule is CCOc1ccc(C(=O)/C=C/c2c(Cl)cccc2Cl)cc1. The van der Waals surface area contributed by atoms with E-state index in [-0.39, 0.29) is 5.78 Å². The average Bonchev–Trinajstić information content (AvgIpc) is 2.47. The molecule has 0 aromatic heterocycles. The maximum absolute atomic E-state index is 12.1. The van der Waals surface area contributed by atoms with Gasteiger partial charge in [-0.05, 0) is 55.5 Å². The number of hydrogen-bond donors (Lipinski definition) is 0. The molecular formula is C17H14Cl2O2. The highest BCUT2D eigenvalue weighted by Crippen LogP contribution is 2.25. The van der Waals surface area contributed by atoms with E-state index in [1.165, 1.54) is 6.08 Å².